The number of hydrogen-bond donors (Lipinski definition) is 0. The largest absolute Gasteiger partial charge is 0.317 e. The number of nitrogens with zero attached hydrogens (tertiary/aromatic N) is 1. The lowest BCUT2D eigenvalue weighted by atomic mass is 10.1. The smallest absolute Gasteiger partial charge is 0.218 e. The van der Waals surface area contributed by atoms with Gasteiger partial charge in [-0.2, -0.15) is 0 Å². The summed E-state index contributed by atoms with van der Waals surface area (Å²) in [6, 6.07) is 2.01. The second-order valence-corrected chi connectivity index (χ2v) is 2.47. The lowest BCUT2D eigenvalue weighted by Gasteiger charge is -2.00. The fourth-order valence-electron chi connectivity index (χ4n) is 0.935. The van der Waals surface area contributed by atoms with E-state index in [9.17, 15) is 13.2 Å². The van der Waals surface area contributed by atoms with Crippen LogP contribution in [-0.2, 0) is 6.42 Å². The second kappa shape index (κ2) is 3.94. The van der Waals surface area contributed by atoms with Crippen molar-refractivity contribution in [2.75, 3.05) is 6.54 Å². The van der Waals surface area contributed by atoms with Crippen molar-refractivity contribution in [3.05, 3.63) is 46.6 Å². The van der Waals surface area contributed by atoms with Gasteiger partial charge in [-0.1, -0.05) is 6.07 Å². The molecule has 4 heteroatoms. The fraction of sp³-hybridized carbons (Fsp3) is 0.222. The van der Waals surface area contributed by atoms with E-state index in [1.807, 2.05) is 0 Å². The molecule has 0 atom stereocenters. The molecule has 1 nitrogen and oxygen atoms in total. The normalized spacial score (nSPS) is 9.69. The van der Waals surface area contributed by atoms with Gasteiger partial charge < -0.3 is 4.85 Å². The van der Waals surface area contributed by atoms with Gasteiger partial charge in [0.2, 0.25) is 6.54 Å². The van der Waals surface area contributed by atoms with Crippen LogP contribution in [0.25, 0.3) is 4.85 Å². The minimum absolute atomic E-state index is 0.0369. The summed E-state index contributed by atoms with van der Waals surface area (Å²) in [6.45, 7) is 6.52. The Labute approximate surface area is 73.6 Å². The summed E-state index contributed by atoms with van der Waals surface area (Å²) in [4.78, 5) is 2.99. The molecular formula is C9H6F3N. The lowest BCUT2D eigenvalue weighted by Crippen LogP contribution is -1.98. The summed E-state index contributed by atoms with van der Waals surface area (Å²) >= 11 is 0. The van der Waals surface area contributed by atoms with Gasteiger partial charge in [0.15, 0.2) is 17.5 Å². The molecular weight excluding hydrogens is 179 g/mol. The molecule has 1 aromatic carbocycles. The van der Waals surface area contributed by atoms with Gasteiger partial charge >= 0.3 is 0 Å². The van der Waals surface area contributed by atoms with E-state index in [4.69, 9.17) is 6.57 Å². The van der Waals surface area contributed by atoms with Crippen LogP contribution in [0.5, 0.6) is 0 Å². The predicted octanol–water partition coefficient (Wildman–Crippen LogP) is 2.57. The van der Waals surface area contributed by atoms with Crippen LogP contribution in [-0.4, -0.2) is 6.54 Å². The number of rotatable bonds is 2. The highest BCUT2D eigenvalue weighted by Crippen LogP contribution is 2.15. The Morgan fingerprint density at radius 3 is 2.46 bits per heavy atom. The van der Waals surface area contributed by atoms with Crippen LogP contribution >= 0.6 is 0 Å². The van der Waals surface area contributed by atoms with Crippen LogP contribution in [0.2, 0.25) is 0 Å². The summed E-state index contributed by atoms with van der Waals surface area (Å²) in [7, 11) is 0. The molecule has 0 aromatic heterocycles. The van der Waals surface area contributed by atoms with E-state index in [1.54, 1.807) is 0 Å². The standard InChI is InChI=1S/C9H6F3N/c1-13-5-4-6-2-3-7(10)9(12)8(6)11/h2-3H,4-5H2. The third kappa shape index (κ3) is 2.00. The number of benzene rings is 1. The number of hydrogen-bond acceptors (Lipinski definition) is 0. The molecule has 0 N–H and O–H groups in total. The van der Waals surface area contributed by atoms with Crippen molar-refractivity contribution in [2.45, 2.75) is 6.42 Å². The zero-order valence-electron chi connectivity index (χ0n) is 6.65. The van der Waals surface area contributed by atoms with Gasteiger partial charge in [0.1, 0.15) is 0 Å². The zero-order valence-corrected chi connectivity index (χ0v) is 6.65. The average Bonchev–Trinajstić information content (AvgIpc) is 2.13. The summed E-state index contributed by atoms with van der Waals surface area (Å²) < 4.78 is 37.9. The van der Waals surface area contributed by atoms with E-state index in [0.717, 1.165) is 12.1 Å². The van der Waals surface area contributed by atoms with E-state index in [2.05, 4.69) is 4.85 Å². The Bertz CT molecular complexity index is 355. The SMILES string of the molecule is [C-]#[N+]CCc1ccc(F)c(F)c1F. The maximum atomic E-state index is 12.9. The molecule has 0 saturated carbocycles. The van der Waals surface area contributed by atoms with Crippen LogP contribution in [0, 0.1) is 24.0 Å². The first-order chi connectivity index (χ1) is 6.16. The summed E-state index contributed by atoms with van der Waals surface area (Å²) in [5.74, 6) is -3.87. The van der Waals surface area contributed by atoms with Crippen molar-refractivity contribution in [1.82, 2.24) is 0 Å². The molecule has 1 aromatic rings. The molecule has 0 spiro atoms. The van der Waals surface area contributed by atoms with Crippen molar-refractivity contribution in [3.63, 3.8) is 0 Å². The molecule has 68 valence electrons. The van der Waals surface area contributed by atoms with Crippen molar-refractivity contribution >= 4 is 0 Å². The molecule has 0 unspecified atom stereocenters. The summed E-state index contributed by atoms with van der Waals surface area (Å²) in [6.07, 6.45) is 0.104. The summed E-state index contributed by atoms with van der Waals surface area (Å²) in [5.41, 5.74) is 0.0369. The van der Waals surface area contributed by atoms with Gasteiger partial charge in [0.25, 0.3) is 0 Å². The van der Waals surface area contributed by atoms with Crippen LogP contribution in [0.1, 0.15) is 5.56 Å². The van der Waals surface area contributed by atoms with Gasteiger partial charge in [-0.3, -0.25) is 0 Å². The molecule has 13 heavy (non-hydrogen) atoms. The molecule has 0 bridgehead atoms. The Morgan fingerprint density at radius 1 is 1.15 bits per heavy atom. The predicted molar refractivity (Wildman–Crippen MR) is 41.5 cm³/mol. The molecule has 0 fully saturated rings. The highest BCUT2D eigenvalue weighted by molar-refractivity contribution is 5.20. The first kappa shape index (κ1) is 9.59. The molecule has 1 rings (SSSR count). The lowest BCUT2D eigenvalue weighted by molar-refractivity contribution is 0.441. The van der Waals surface area contributed by atoms with E-state index in [0.29, 0.717) is 0 Å². The molecule has 0 heterocycles. The van der Waals surface area contributed by atoms with Gasteiger partial charge in [-0.25, -0.2) is 19.7 Å². The first-order valence-electron chi connectivity index (χ1n) is 3.62. The van der Waals surface area contributed by atoms with Crippen LogP contribution < -0.4 is 0 Å². The second-order valence-electron chi connectivity index (χ2n) is 2.47. The Balaban J connectivity index is 2.98. The molecule has 0 aliphatic rings. The van der Waals surface area contributed by atoms with Crippen molar-refractivity contribution in [3.8, 4) is 0 Å². The Hall–Kier alpha value is -1.50. The van der Waals surface area contributed by atoms with Gasteiger partial charge in [-0.15, -0.1) is 0 Å². The minimum Gasteiger partial charge on any atom is -0.317 e. The third-order valence-electron chi connectivity index (χ3n) is 1.61. The maximum Gasteiger partial charge on any atom is 0.218 e. The van der Waals surface area contributed by atoms with Crippen molar-refractivity contribution in [2.24, 2.45) is 0 Å². The van der Waals surface area contributed by atoms with E-state index < -0.39 is 17.5 Å². The highest BCUT2D eigenvalue weighted by atomic mass is 19.2. The zero-order chi connectivity index (χ0) is 9.84. The van der Waals surface area contributed by atoms with Gasteiger partial charge in [0, 0.05) is 6.42 Å². The average molecular weight is 185 g/mol. The minimum atomic E-state index is -1.47. The quantitative estimate of drug-likeness (QED) is 0.492. The molecule has 0 aliphatic heterocycles. The fourth-order valence-corrected chi connectivity index (χ4v) is 0.935. The van der Waals surface area contributed by atoms with E-state index in [1.165, 1.54) is 0 Å². The van der Waals surface area contributed by atoms with E-state index in [-0.39, 0.29) is 18.5 Å². The maximum absolute atomic E-state index is 12.9. The first-order valence-corrected chi connectivity index (χ1v) is 3.62. The van der Waals surface area contributed by atoms with Crippen LogP contribution in [0.4, 0.5) is 13.2 Å². The van der Waals surface area contributed by atoms with Crippen LogP contribution in [0.3, 0.4) is 0 Å². The molecule has 0 saturated heterocycles. The topological polar surface area (TPSA) is 4.36 Å². The van der Waals surface area contributed by atoms with E-state index >= 15 is 0 Å². The van der Waals surface area contributed by atoms with Gasteiger partial charge in [-0.05, 0) is 11.6 Å². The Kier molecular flexibility index (Phi) is 2.91. The molecule has 0 amide bonds. The van der Waals surface area contributed by atoms with Crippen molar-refractivity contribution in [1.29, 1.82) is 0 Å². The molecule has 0 radical (unpaired) electrons. The Morgan fingerprint density at radius 2 is 1.85 bits per heavy atom. The van der Waals surface area contributed by atoms with Gasteiger partial charge in [0.05, 0.1) is 0 Å². The summed E-state index contributed by atoms with van der Waals surface area (Å²) in [5, 5.41) is 0. The monoisotopic (exact) mass is 185 g/mol. The third-order valence-corrected chi connectivity index (χ3v) is 1.61. The van der Waals surface area contributed by atoms with Crippen molar-refractivity contribution < 1.29 is 13.2 Å². The van der Waals surface area contributed by atoms with Crippen LogP contribution in [0.15, 0.2) is 12.1 Å². The highest BCUT2D eigenvalue weighted by Gasteiger charge is 2.13. The molecule has 0 aliphatic carbocycles. The number of halogens is 3.